The van der Waals surface area contributed by atoms with Gasteiger partial charge in [-0.05, 0) is 24.7 Å². The molecule has 20 heavy (non-hydrogen) atoms. The minimum Gasteiger partial charge on any atom is -0.497 e. The Morgan fingerprint density at radius 2 is 2.05 bits per heavy atom. The van der Waals surface area contributed by atoms with Crippen molar-refractivity contribution in [2.45, 2.75) is 13.0 Å². The molecule has 0 aliphatic heterocycles. The Bertz CT molecular complexity index is 546. The summed E-state index contributed by atoms with van der Waals surface area (Å²) in [5.74, 6) is 1.54. The monoisotopic (exact) mass is 273 g/mol. The van der Waals surface area contributed by atoms with Crippen molar-refractivity contribution >= 4 is 0 Å². The second kappa shape index (κ2) is 6.86. The van der Waals surface area contributed by atoms with Crippen LogP contribution in [0.2, 0.25) is 0 Å². The molecule has 1 heterocycles. The number of aromatic nitrogens is 2. The van der Waals surface area contributed by atoms with E-state index in [2.05, 4.69) is 22.2 Å². The van der Waals surface area contributed by atoms with Crippen LogP contribution < -0.4 is 14.8 Å². The molecule has 106 valence electrons. The molecular weight excluding hydrogens is 254 g/mol. The zero-order chi connectivity index (χ0) is 14.4. The predicted octanol–water partition coefficient (Wildman–Crippen LogP) is 2.19. The number of nitrogens with one attached hydrogen (secondary N) is 1. The van der Waals surface area contributed by atoms with Crippen molar-refractivity contribution in [2.24, 2.45) is 0 Å². The number of ether oxygens (including phenoxy) is 2. The number of rotatable bonds is 6. The summed E-state index contributed by atoms with van der Waals surface area (Å²) in [7, 11) is 3.29. The Labute approximate surface area is 119 Å². The Morgan fingerprint density at radius 1 is 1.20 bits per heavy atom. The van der Waals surface area contributed by atoms with Crippen molar-refractivity contribution in [3.05, 3.63) is 48.0 Å². The fourth-order valence-electron chi connectivity index (χ4n) is 2.11. The van der Waals surface area contributed by atoms with Crippen LogP contribution in [0, 0.1) is 0 Å². The van der Waals surface area contributed by atoms with Crippen LogP contribution in [0.5, 0.6) is 11.5 Å². The van der Waals surface area contributed by atoms with Crippen LogP contribution in [0.25, 0.3) is 0 Å². The summed E-state index contributed by atoms with van der Waals surface area (Å²) in [5.41, 5.74) is 1.93. The van der Waals surface area contributed by atoms with Gasteiger partial charge in [-0.2, -0.15) is 0 Å². The number of hydrogen-bond acceptors (Lipinski definition) is 5. The molecule has 1 aromatic carbocycles. The lowest BCUT2D eigenvalue weighted by Crippen LogP contribution is -2.23. The Balaban J connectivity index is 2.44. The van der Waals surface area contributed by atoms with E-state index >= 15 is 0 Å². The van der Waals surface area contributed by atoms with Crippen LogP contribution in [0.4, 0.5) is 0 Å². The maximum absolute atomic E-state index is 5.47. The highest BCUT2D eigenvalue weighted by atomic mass is 16.5. The highest BCUT2D eigenvalue weighted by Crippen LogP contribution is 2.32. The van der Waals surface area contributed by atoms with Crippen molar-refractivity contribution < 1.29 is 9.47 Å². The number of nitrogens with zero attached hydrogens (tertiary/aromatic N) is 2. The predicted molar refractivity (Wildman–Crippen MR) is 77.1 cm³/mol. The number of benzene rings is 1. The van der Waals surface area contributed by atoms with Gasteiger partial charge < -0.3 is 14.8 Å². The molecule has 2 aromatic rings. The first-order valence-electron chi connectivity index (χ1n) is 6.51. The molecule has 1 atom stereocenters. The van der Waals surface area contributed by atoms with Gasteiger partial charge in [-0.15, -0.1) is 0 Å². The molecule has 0 saturated carbocycles. The first-order chi connectivity index (χ1) is 9.80. The minimum atomic E-state index is -0.0381. The molecule has 0 saturated heterocycles. The lowest BCUT2D eigenvalue weighted by Gasteiger charge is -2.20. The SMILES string of the molecule is CCNC(c1ccncn1)c1ccc(OC)cc1OC. The van der Waals surface area contributed by atoms with E-state index in [0.29, 0.717) is 0 Å². The van der Waals surface area contributed by atoms with Gasteiger partial charge >= 0.3 is 0 Å². The van der Waals surface area contributed by atoms with Crippen molar-refractivity contribution in [3.63, 3.8) is 0 Å². The maximum Gasteiger partial charge on any atom is 0.127 e. The third-order valence-corrected chi connectivity index (χ3v) is 3.06. The van der Waals surface area contributed by atoms with Crippen molar-refractivity contribution in [1.29, 1.82) is 0 Å². The summed E-state index contributed by atoms with van der Waals surface area (Å²) in [5, 5.41) is 3.42. The molecule has 0 aliphatic rings. The van der Waals surface area contributed by atoms with Gasteiger partial charge in [-0.3, -0.25) is 0 Å². The van der Waals surface area contributed by atoms with Crippen LogP contribution in [-0.2, 0) is 0 Å². The summed E-state index contributed by atoms with van der Waals surface area (Å²) < 4.78 is 10.7. The van der Waals surface area contributed by atoms with Gasteiger partial charge in [0.25, 0.3) is 0 Å². The smallest absolute Gasteiger partial charge is 0.127 e. The Morgan fingerprint density at radius 3 is 2.65 bits per heavy atom. The van der Waals surface area contributed by atoms with Crippen LogP contribution in [0.3, 0.4) is 0 Å². The molecular formula is C15H19N3O2. The summed E-state index contributed by atoms with van der Waals surface area (Å²) >= 11 is 0. The van der Waals surface area contributed by atoms with E-state index in [1.54, 1.807) is 26.7 Å². The molecule has 1 unspecified atom stereocenters. The molecule has 0 fully saturated rings. The topological polar surface area (TPSA) is 56.3 Å². The third kappa shape index (κ3) is 3.05. The first-order valence-corrected chi connectivity index (χ1v) is 6.51. The van der Waals surface area contributed by atoms with Crippen molar-refractivity contribution in [1.82, 2.24) is 15.3 Å². The third-order valence-electron chi connectivity index (χ3n) is 3.06. The van der Waals surface area contributed by atoms with E-state index in [1.165, 1.54) is 0 Å². The standard InChI is InChI=1S/C15H19N3O2/c1-4-17-15(13-7-8-16-10-18-13)12-6-5-11(19-2)9-14(12)20-3/h5-10,15,17H,4H2,1-3H3. The second-order valence-corrected chi connectivity index (χ2v) is 4.23. The summed E-state index contributed by atoms with van der Waals surface area (Å²) in [4.78, 5) is 8.29. The summed E-state index contributed by atoms with van der Waals surface area (Å²) in [6.07, 6.45) is 3.29. The quantitative estimate of drug-likeness (QED) is 0.874. The second-order valence-electron chi connectivity index (χ2n) is 4.23. The summed E-state index contributed by atoms with van der Waals surface area (Å²) in [6.45, 7) is 2.88. The molecule has 5 nitrogen and oxygen atoms in total. The van der Waals surface area contributed by atoms with Gasteiger partial charge in [0.2, 0.25) is 0 Å². The van der Waals surface area contributed by atoms with Gasteiger partial charge in [-0.25, -0.2) is 9.97 Å². The van der Waals surface area contributed by atoms with Crippen LogP contribution in [0.1, 0.15) is 24.2 Å². The van der Waals surface area contributed by atoms with E-state index in [9.17, 15) is 0 Å². The zero-order valence-corrected chi connectivity index (χ0v) is 12.0. The first kappa shape index (κ1) is 14.3. The normalized spacial score (nSPS) is 11.9. The molecule has 0 bridgehead atoms. The van der Waals surface area contributed by atoms with E-state index in [1.807, 2.05) is 24.3 Å². The van der Waals surface area contributed by atoms with Crippen LogP contribution in [-0.4, -0.2) is 30.7 Å². The number of hydrogen-bond donors (Lipinski definition) is 1. The van der Waals surface area contributed by atoms with Gasteiger partial charge in [0.05, 0.1) is 26.0 Å². The minimum absolute atomic E-state index is 0.0381. The maximum atomic E-state index is 5.47. The van der Waals surface area contributed by atoms with Gasteiger partial charge in [0.15, 0.2) is 0 Å². The highest BCUT2D eigenvalue weighted by molar-refractivity contribution is 5.45. The molecule has 0 spiro atoms. The number of methoxy groups -OCH3 is 2. The molecule has 0 radical (unpaired) electrons. The lowest BCUT2D eigenvalue weighted by molar-refractivity contribution is 0.387. The van der Waals surface area contributed by atoms with Gasteiger partial charge in [0, 0.05) is 17.8 Å². The largest absolute Gasteiger partial charge is 0.497 e. The zero-order valence-electron chi connectivity index (χ0n) is 12.0. The van der Waals surface area contributed by atoms with E-state index < -0.39 is 0 Å². The Hall–Kier alpha value is -2.14. The average Bonchev–Trinajstić information content (AvgIpc) is 2.53. The van der Waals surface area contributed by atoms with Crippen LogP contribution >= 0.6 is 0 Å². The molecule has 1 N–H and O–H groups in total. The van der Waals surface area contributed by atoms with E-state index in [4.69, 9.17) is 9.47 Å². The summed E-state index contributed by atoms with van der Waals surface area (Å²) in [6, 6.07) is 7.65. The van der Waals surface area contributed by atoms with E-state index in [-0.39, 0.29) is 6.04 Å². The highest BCUT2D eigenvalue weighted by Gasteiger charge is 2.19. The van der Waals surface area contributed by atoms with Crippen molar-refractivity contribution in [2.75, 3.05) is 20.8 Å². The fraction of sp³-hybridized carbons (Fsp3) is 0.333. The Kier molecular flexibility index (Phi) is 4.90. The van der Waals surface area contributed by atoms with Gasteiger partial charge in [-0.1, -0.05) is 6.92 Å². The molecule has 0 aliphatic carbocycles. The molecule has 1 aromatic heterocycles. The van der Waals surface area contributed by atoms with Crippen LogP contribution in [0.15, 0.2) is 36.8 Å². The molecule has 5 heteroatoms. The molecule has 0 amide bonds. The van der Waals surface area contributed by atoms with Crippen molar-refractivity contribution in [3.8, 4) is 11.5 Å². The average molecular weight is 273 g/mol. The van der Waals surface area contributed by atoms with E-state index in [0.717, 1.165) is 29.3 Å². The van der Waals surface area contributed by atoms with Gasteiger partial charge in [0.1, 0.15) is 17.8 Å². The molecule has 2 rings (SSSR count). The lowest BCUT2D eigenvalue weighted by atomic mass is 10.0. The fourth-order valence-corrected chi connectivity index (χ4v) is 2.11.